The van der Waals surface area contributed by atoms with Crippen LogP contribution in [0, 0.1) is 47.0 Å². The fraction of sp³-hybridized carbons (Fsp3) is 0.308. The third-order valence-electron chi connectivity index (χ3n) is 13.2. The minimum absolute atomic E-state index is 0.314. The van der Waals surface area contributed by atoms with Crippen LogP contribution >= 0.6 is 14.5 Å². The SMILES string of the molecule is Cc1ccc([PH](CCC2(CC[PH](c3ccc(C)cc3)(c3ccc(C)cc3)c3ccc(C)cc3)CCCCC2)(c2ccc(C)cc2)c2ccc(C)cc2)cc1. The van der Waals surface area contributed by atoms with Crippen LogP contribution in [0.15, 0.2) is 146 Å². The summed E-state index contributed by atoms with van der Waals surface area (Å²) in [6.45, 7) is 13.4. The van der Waals surface area contributed by atoms with E-state index in [1.165, 1.54) is 90.7 Å². The van der Waals surface area contributed by atoms with Gasteiger partial charge in [-0.25, -0.2) is 0 Å². The molecule has 1 aliphatic carbocycles. The van der Waals surface area contributed by atoms with Crippen LogP contribution in [0.5, 0.6) is 0 Å². The van der Waals surface area contributed by atoms with Crippen molar-refractivity contribution in [1.29, 1.82) is 0 Å². The van der Waals surface area contributed by atoms with Gasteiger partial charge in [0.2, 0.25) is 0 Å². The minimum atomic E-state index is -2.40. The Morgan fingerprint density at radius 2 is 0.519 bits per heavy atom. The first-order valence-corrected chi connectivity index (χ1v) is 25.0. The fourth-order valence-electron chi connectivity index (χ4n) is 9.73. The van der Waals surface area contributed by atoms with Crippen LogP contribution in [-0.4, -0.2) is 12.3 Å². The summed E-state index contributed by atoms with van der Waals surface area (Å²) >= 11 is 0. The van der Waals surface area contributed by atoms with Crippen molar-refractivity contribution >= 4 is 46.4 Å². The van der Waals surface area contributed by atoms with E-state index in [0.717, 1.165) is 0 Å². The molecule has 1 saturated carbocycles. The van der Waals surface area contributed by atoms with Crippen LogP contribution in [0.2, 0.25) is 0 Å². The van der Waals surface area contributed by atoms with E-state index in [4.69, 9.17) is 0 Å². The number of rotatable bonds is 12. The Kier molecular flexibility index (Phi) is 11.7. The Balaban J connectivity index is 1.36. The van der Waals surface area contributed by atoms with Crippen molar-refractivity contribution in [2.24, 2.45) is 5.41 Å². The van der Waals surface area contributed by atoms with E-state index in [1.807, 2.05) is 0 Å². The summed E-state index contributed by atoms with van der Waals surface area (Å²) in [7, 11) is -4.80. The van der Waals surface area contributed by atoms with Crippen molar-refractivity contribution < 1.29 is 0 Å². The molecule has 0 amide bonds. The zero-order valence-electron chi connectivity index (χ0n) is 33.7. The van der Waals surface area contributed by atoms with E-state index in [2.05, 4.69) is 187 Å². The van der Waals surface area contributed by atoms with E-state index in [-0.39, 0.29) is 0 Å². The van der Waals surface area contributed by atoms with Gasteiger partial charge in [0.15, 0.2) is 0 Å². The molecule has 0 nitrogen and oxygen atoms in total. The van der Waals surface area contributed by atoms with Crippen molar-refractivity contribution in [2.45, 2.75) is 86.5 Å². The Morgan fingerprint density at radius 1 is 0.315 bits per heavy atom. The van der Waals surface area contributed by atoms with Gasteiger partial charge in [0.25, 0.3) is 0 Å². The van der Waals surface area contributed by atoms with E-state index in [9.17, 15) is 0 Å². The molecule has 0 saturated heterocycles. The molecule has 0 atom stereocenters. The Hall–Kier alpha value is -3.82. The van der Waals surface area contributed by atoms with Crippen molar-refractivity contribution in [2.75, 3.05) is 12.3 Å². The molecule has 1 fully saturated rings. The first-order chi connectivity index (χ1) is 26.1. The van der Waals surface area contributed by atoms with Gasteiger partial charge in [0.05, 0.1) is 0 Å². The van der Waals surface area contributed by atoms with Crippen LogP contribution in [0.1, 0.15) is 78.3 Å². The van der Waals surface area contributed by atoms with Gasteiger partial charge in [0.1, 0.15) is 0 Å². The number of benzene rings is 6. The third kappa shape index (κ3) is 7.95. The first kappa shape index (κ1) is 38.5. The van der Waals surface area contributed by atoms with Crippen LogP contribution < -0.4 is 31.8 Å². The quantitative estimate of drug-likeness (QED) is 0.109. The fourth-order valence-corrected chi connectivity index (χ4v) is 19.7. The van der Waals surface area contributed by atoms with E-state index < -0.39 is 14.5 Å². The molecule has 2 heteroatoms. The second kappa shape index (κ2) is 16.5. The van der Waals surface area contributed by atoms with Gasteiger partial charge >= 0.3 is 330 Å². The predicted molar refractivity (Wildman–Crippen MR) is 246 cm³/mol. The van der Waals surface area contributed by atoms with Crippen LogP contribution in [0.25, 0.3) is 0 Å². The average molecular weight is 749 g/mol. The molecule has 6 aromatic carbocycles. The van der Waals surface area contributed by atoms with Crippen LogP contribution in [0.3, 0.4) is 0 Å². The molecule has 54 heavy (non-hydrogen) atoms. The Bertz CT molecular complexity index is 1730. The van der Waals surface area contributed by atoms with Gasteiger partial charge in [0, 0.05) is 0 Å². The predicted octanol–water partition coefficient (Wildman–Crippen LogP) is 11.0. The number of hydrogen-bond donors (Lipinski definition) is 0. The molecule has 0 spiro atoms. The summed E-state index contributed by atoms with van der Waals surface area (Å²) in [5.74, 6) is 0. The molecule has 7 rings (SSSR count). The van der Waals surface area contributed by atoms with Gasteiger partial charge in [-0.15, -0.1) is 0 Å². The molecular weight excluding hydrogens is 687 g/mol. The molecule has 0 radical (unpaired) electrons. The zero-order valence-corrected chi connectivity index (χ0v) is 35.7. The summed E-state index contributed by atoms with van der Waals surface area (Å²) in [4.78, 5) is 0. The normalized spacial score (nSPS) is 15.1. The summed E-state index contributed by atoms with van der Waals surface area (Å²) in [6.07, 6.45) is 11.8. The maximum atomic E-state index is 2.49. The molecule has 0 aromatic heterocycles. The monoisotopic (exact) mass is 748 g/mol. The zero-order chi connectivity index (χ0) is 37.8. The maximum absolute atomic E-state index is 2.49. The van der Waals surface area contributed by atoms with Crippen molar-refractivity contribution in [3.63, 3.8) is 0 Å². The molecule has 0 bridgehead atoms. The summed E-state index contributed by atoms with van der Waals surface area (Å²) < 4.78 is 0. The van der Waals surface area contributed by atoms with E-state index in [0.29, 0.717) is 5.41 Å². The first-order valence-electron chi connectivity index (χ1n) is 20.5. The van der Waals surface area contributed by atoms with Gasteiger partial charge < -0.3 is 0 Å². The molecule has 280 valence electrons. The van der Waals surface area contributed by atoms with E-state index >= 15 is 0 Å². The number of aryl methyl sites for hydroxylation is 6. The molecular formula is C52H62P2. The summed E-state index contributed by atoms with van der Waals surface area (Å²) in [5.41, 5.74) is 8.33. The van der Waals surface area contributed by atoms with Gasteiger partial charge in [-0.3, -0.25) is 0 Å². The van der Waals surface area contributed by atoms with Crippen LogP contribution in [0.4, 0.5) is 0 Å². The number of hydrogen-bond acceptors (Lipinski definition) is 0. The van der Waals surface area contributed by atoms with Crippen molar-refractivity contribution in [3.05, 3.63) is 179 Å². The average Bonchev–Trinajstić information content (AvgIpc) is 3.19. The summed E-state index contributed by atoms with van der Waals surface area (Å²) in [6, 6.07) is 58.2. The standard InChI is InChI=1S/C52H62P2/c1-40-10-22-46(23-11-40)53(47-24-12-41(2)13-25-47,48-26-14-42(3)15-27-48)38-36-52(34-8-7-9-35-52)37-39-54(49-28-16-43(4)17-29-49,50-30-18-44(5)19-31-50)51-32-20-45(6)21-33-51/h10-33,53-54H,7-9,34-39H2,1-6H3. The molecule has 0 N–H and O–H groups in total. The Morgan fingerprint density at radius 3 is 0.722 bits per heavy atom. The molecule has 0 unspecified atom stereocenters. The summed E-state index contributed by atoms with van der Waals surface area (Å²) in [5, 5.41) is 9.30. The van der Waals surface area contributed by atoms with Gasteiger partial charge in [-0.1, -0.05) is 0 Å². The van der Waals surface area contributed by atoms with Gasteiger partial charge in [-0.05, 0) is 0 Å². The molecule has 0 aliphatic heterocycles. The van der Waals surface area contributed by atoms with Crippen molar-refractivity contribution in [1.82, 2.24) is 0 Å². The second-order valence-electron chi connectivity index (χ2n) is 17.1. The Labute approximate surface area is 328 Å². The second-order valence-corrected chi connectivity index (χ2v) is 25.2. The molecule has 6 aromatic rings. The van der Waals surface area contributed by atoms with Crippen LogP contribution in [-0.2, 0) is 0 Å². The van der Waals surface area contributed by atoms with E-state index in [1.54, 1.807) is 31.8 Å². The topological polar surface area (TPSA) is 0 Å². The van der Waals surface area contributed by atoms with Crippen molar-refractivity contribution in [3.8, 4) is 0 Å². The molecule has 1 aliphatic rings. The molecule has 0 heterocycles. The third-order valence-corrected chi connectivity index (χ3v) is 23.2. The van der Waals surface area contributed by atoms with Gasteiger partial charge in [-0.2, -0.15) is 0 Å².